The zero-order valence-corrected chi connectivity index (χ0v) is 13.7. The highest BCUT2D eigenvalue weighted by molar-refractivity contribution is 5.95. The Hall–Kier alpha value is -2.51. The molecule has 1 aromatic rings. The van der Waals surface area contributed by atoms with Gasteiger partial charge in [0.1, 0.15) is 0 Å². The molecule has 0 aromatic heterocycles. The lowest BCUT2D eigenvalue weighted by atomic mass is 9.93. The molecule has 1 aliphatic heterocycles. The number of alkyl halides is 3. The number of nitrogens with one attached hydrogen (secondary N) is 1. The predicted octanol–water partition coefficient (Wildman–Crippen LogP) is 3.38. The van der Waals surface area contributed by atoms with Gasteiger partial charge in [-0.15, -0.1) is 0 Å². The van der Waals surface area contributed by atoms with Crippen molar-refractivity contribution in [1.29, 1.82) is 0 Å². The number of carbonyl (C=O) groups is 2. The van der Waals surface area contributed by atoms with Crippen LogP contribution in [0.5, 0.6) is 0 Å². The van der Waals surface area contributed by atoms with E-state index >= 15 is 0 Å². The molecule has 1 saturated carbocycles. The van der Waals surface area contributed by atoms with Crippen LogP contribution in [0.1, 0.15) is 36.9 Å². The van der Waals surface area contributed by atoms with E-state index in [-0.39, 0.29) is 17.2 Å². The van der Waals surface area contributed by atoms with E-state index in [1.54, 1.807) is 6.92 Å². The Bertz CT molecular complexity index is 754. The highest BCUT2D eigenvalue weighted by Gasteiger charge is 2.43. The van der Waals surface area contributed by atoms with Crippen LogP contribution in [0.25, 0.3) is 0 Å². The van der Waals surface area contributed by atoms with Gasteiger partial charge >= 0.3 is 18.2 Å². The van der Waals surface area contributed by atoms with Crippen LogP contribution in [0, 0.1) is 0 Å². The van der Waals surface area contributed by atoms with Gasteiger partial charge in [-0.25, -0.2) is 9.59 Å². The number of halogens is 3. The summed E-state index contributed by atoms with van der Waals surface area (Å²) in [6, 6.07) is 3.19. The van der Waals surface area contributed by atoms with Gasteiger partial charge in [0, 0.05) is 11.7 Å². The van der Waals surface area contributed by atoms with Crippen molar-refractivity contribution in [2.24, 2.45) is 0 Å². The minimum atomic E-state index is -4.51. The van der Waals surface area contributed by atoms with Crippen LogP contribution in [0.4, 0.5) is 18.0 Å². The molecule has 1 fully saturated rings. The van der Waals surface area contributed by atoms with Gasteiger partial charge in [0.15, 0.2) is 0 Å². The number of hydrogen-bond donors (Lipinski definition) is 1. The van der Waals surface area contributed by atoms with Crippen molar-refractivity contribution >= 4 is 12.0 Å². The molecule has 134 valence electrons. The minimum Gasteiger partial charge on any atom is -0.466 e. The van der Waals surface area contributed by atoms with Crippen LogP contribution in [0.2, 0.25) is 0 Å². The molecule has 1 aromatic carbocycles. The Morgan fingerprint density at radius 3 is 2.56 bits per heavy atom. The number of carbonyl (C=O) groups excluding carboxylic acids is 2. The van der Waals surface area contributed by atoms with E-state index in [4.69, 9.17) is 4.74 Å². The molecule has 8 heteroatoms. The fourth-order valence-electron chi connectivity index (χ4n) is 3.05. The number of urea groups is 1. The number of rotatable bonds is 3. The monoisotopic (exact) mass is 354 g/mol. The summed E-state index contributed by atoms with van der Waals surface area (Å²) in [5, 5.41) is 2.64. The summed E-state index contributed by atoms with van der Waals surface area (Å²) < 4.78 is 43.8. The molecule has 0 spiro atoms. The van der Waals surface area contributed by atoms with Crippen LogP contribution >= 0.6 is 0 Å². The van der Waals surface area contributed by atoms with Gasteiger partial charge in [-0.05, 0) is 37.5 Å². The van der Waals surface area contributed by atoms with Crippen molar-refractivity contribution in [2.75, 3.05) is 7.11 Å². The van der Waals surface area contributed by atoms with E-state index in [1.165, 1.54) is 24.1 Å². The number of allylic oxidation sites excluding steroid dienone is 1. The van der Waals surface area contributed by atoms with E-state index in [9.17, 15) is 22.8 Å². The van der Waals surface area contributed by atoms with Crippen LogP contribution in [0.3, 0.4) is 0 Å². The summed E-state index contributed by atoms with van der Waals surface area (Å²) in [6.45, 7) is 1.62. The minimum absolute atomic E-state index is 0.0158. The van der Waals surface area contributed by atoms with Gasteiger partial charge in [0.2, 0.25) is 0 Å². The van der Waals surface area contributed by atoms with Crippen molar-refractivity contribution in [3.05, 3.63) is 46.7 Å². The van der Waals surface area contributed by atoms with E-state index in [1.807, 2.05) is 0 Å². The number of esters is 1. The van der Waals surface area contributed by atoms with Crippen LogP contribution in [-0.2, 0) is 15.7 Å². The zero-order valence-electron chi connectivity index (χ0n) is 13.7. The third-order valence-corrected chi connectivity index (χ3v) is 4.39. The number of ether oxygens (including phenoxy) is 1. The lowest BCUT2D eigenvalue weighted by Gasteiger charge is -2.35. The fraction of sp³-hybridized carbons (Fsp3) is 0.412. The summed E-state index contributed by atoms with van der Waals surface area (Å²) in [7, 11) is 1.20. The summed E-state index contributed by atoms with van der Waals surface area (Å²) in [5.41, 5.74) is -0.0991. The van der Waals surface area contributed by atoms with Crippen molar-refractivity contribution in [2.45, 2.75) is 38.0 Å². The lowest BCUT2D eigenvalue weighted by molar-refractivity contribution is -0.137. The highest BCUT2D eigenvalue weighted by Crippen LogP contribution is 2.39. The van der Waals surface area contributed by atoms with Crippen molar-refractivity contribution in [1.82, 2.24) is 10.2 Å². The van der Waals surface area contributed by atoms with Crippen LogP contribution in [-0.4, -0.2) is 30.1 Å². The fourth-order valence-corrected chi connectivity index (χ4v) is 3.05. The topological polar surface area (TPSA) is 58.6 Å². The first-order valence-corrected chi connectivity index (χ1v) is 7.80. The van der Waals surface area contributed by atoms with Crippen LogP contribution in [0.15, 0.2) is 35.5 Å². The molecule has 1 aliphatic carbocycles. The molecular formula is C17H17F3N2O3. The largest absolute Gasteiger partial charge is 0.466 e. The summed E-state index contributed by atoms with van der Waals surface area (Å²) in [6.07, 6.45) is -2.86. The SMILES string of the molecule is COC(=O)C1=C(C)N(C2CC2)C(=O)NC1c1cccc(C(F)(F)F)c1. The molecule has 2 aliphatic rings. The smallest absolute Gasteiger partial charge is 0.416 e. The summed E-state index contributed by atoms with van der Waals surface area (Å²) in [4.78, 5) is 26.2. The first kappa shape index (κ1) is 17.3. The van der Waals surface area contributed by atoms with E-state index in [0.717, 1.165) is 25.0 Å². The predicted molar refractivity (Wildman–Crippen MR) is 82.3 cm³/mol. The van der Waals surface area contributed by atoms with Crippen LogP contribution < -0.4 is 5.32 Å². The Kier molecular flexibility index (Phi) is 4.22. The lowest BCUT2D eigenvalue weighted by Crippen LogP contribution is -2.48. The molecule has 1 atom stereocenters. The maximum absolute atomic E-state index is 13.0. The number of methoxy groups -OCH3 is 1. The molecule has 0 saturated heterocycles. The number of benzene rings is 1. The summed E-state index contributed by atoms with van der Waals surface area (Å²) in [5.74, 6) is -0.675. The van der Waals surface area contributed by atoms with E-state index in [0.29, 0.717) is 5.70 Å². The Labute approximate surface area is 142 Å². The first-order chi connectivity index (χ1) is 11.7. The quantitative estimate of drug-likeness (QED) is 0.847. The number of hydrogen-bond acceptors (Lipinski definition) is 3. The third kappa shape index (κ3) is 3.20. The van der Waals surface area contributed by atoms with E-state index < -0.39 is 29.8 Å². The third-order valence-electron chi connectivity index (χ3n) is 4.39. The summed E-state index contributed by atoms with van der Waals surface area (Å²) >= 11 is 0. The molecule has 2 amide bonds. The van der Waals surface area contributed by atoms with Gasteiger partial charge in [-0.2, -0.15) is 13.2 Å². The standard InChI is InChI=1S/C17H17F3N2O3/c1-9-13(15(23)25-2)14(21-16(24)22(9)12-6-7-12)10-4-3-5-11(8-10)17(18,19)20/h3-5,8,12,14H,6-7H2,1-2H3,(H,21,24). The van der Waals surface area contributed by atoms with Gasteiger partial charge in [-0.1, -0.05) is 12.1 Å². The van der Waals surface area contributed by atoms with Gasteiger partial charge in [0.05, 0.1) is 24.3 Å². The maximum atomic E-state index is 13.0. The molecule has 1 N–H and O–H groups in total. The van der Waals surface area contributed by atoms with Crippen molar-refractivity contribution < 1.29 is 27.5 Å². The maximum Gasteiger partial charge on any atom is 0.416 e. The molecule has 0 bridgehead atoms. The van der Waals surface area contributed by atoms with Gasteiger partial charge < -0.3 is 10.1 Å². The second-order valence-corrected chi connectivity index (χ2v) is 6.10. The Morgan fingerprint density at radius 1 is 1.32 bits per heavy atom. The molecule has 5 nitrogen and oxygen atoms in total. The Morgan fingerprint density at radius 2 is 2.00 bits per heavy atom. The average Bonchev–Trinajstić information content (AvgIpc) is 3.38. The molecular weight excluding hydrogens is 337 g/mol. The second-order valence-electron chi connectivity index (χ2n) is 6.10. The molecule has 0 radical (unpaired) electrons. The van der Waals surface area contributed by atoms with Gasteiger partial charge in [0.25, 0.3) is 0 Å². The van der Waals surface area contributed by atoms with Crippen molar-refractivity contribution in [3.63, 3.8) is 0 Å². The molecule has 1 unspecified atom stereocenters. The first-order valence-electron chi connectivity index (χ1n) is 7.80. The molecule has 25 heavy (non-hydrogen) atoms. The van der Waals surface area contributed by atoms with E-state index in [2.05, 4.69) is 5.32 Å². The molecule has 1 heterocycles. The zero-order chi connectivity index (χ0) is 18.4. The Balaban J connectivity index is 2.08. The normalized spacial score (nSPS) is 21.2. The second kappa shape index (κ2) is 6.09. The highest BCUT2D eigenvalue weighted by atomic mass is 19.4. The molecule has 3 rings (SSSR count). The number of nitrogens with zero attached hydrogens (tertiary/aromatic N) is 1. The van der Waals surface area contributed by atoms with Crippen molar-refractivity contribution in [3.8, 4) is 0 Å². The average molecular weight is 354 g/mol. The van der Waals surface area contributed by atoms with Gasteiger partial charge in [-0.3, -0.25) is 4.90 Å². The number of amides is 2.